The molecule has 7 nitrogen and oxygen atoms in total. The van der Waals surface area contributed by atoms with Crippen LogP contribution in [-0.2, 0) is 4.79 Å². The molecule has 0 unspecified atom stereocenters. The fraction of sp³-hybridized carbons (Fsp3) is 0.350. The molecule has 1 N–H and O–H groups in total. The predicted octanol–water partition coefficient (Wildman–Crippen LogP) is 2.44. The van der Waals surface area contributed by atoms with E-state index in [1.807, 2.05) is 40.6 Å². The lowest BCUT2D eigenvalue weighted by atomic mass is 10.3. The molecule has 0 atom stereocenters. The summed E-state index contributed by atoms with van der Waals surface area (Å²) in [6.45, 7) is 2.97. The largest absolute Gasteiger partial charge is 0.341 e. The number of fused-ring (bicyclic) bond motifs is 1. The minimum atomic E-state index is -0.109. The highest BCUT2D eigenvalue weighted by Crippen LogP contribution is 2.18. The van der Waals surface area contributed by atoms with Gasteiger partial charge in [-0.2, -0.15) is 0 Å². The molecule has 1 aliphatic heterocycles. The summed E-state index contributed by atoms with van der Waals surface area (Å²) in [5, 5.41) is 1.87. The molecule has 1 fully saturated rings. The van der Waals surface area contributed by atoms with Crippen molar-refractivity contribution in [1.82, 2.24) is 19.8 Å². The summed E-state index contributed by atoms with van der Waals surface area (Å²) < 4.78 is 0. The van der Waals surface area contributed by atoms with Crippen LogP contribution in [0.5, 0.6) is 0 Å². The van der Waals surface area contributed by atoms with E-state index in [1.165, 1.54) is 16.2 Å². The average Bonchev–Trinajstić information content (AvgIpc) is 3.32. The maximum Gasteiger partial charge on any atom is 0.264 e. The Labute approximate surface area is 167 Å². The zero-order valence-electron chi connectivity index (χ0n) is 15.8. The average molecular weight is 398 g/mol. The Morgan fingerprint density at radius 1 is 1.14 bits per heavy atom. The highest BCUT2D eigenvalue weighted by Gasteiger charge is 2.23. The molecule has 4 rings (SSSR count). The fourth-order valence-corrected chi connectivity index (χ4v) is 4.15. The van der Waals surface area contributed by atoms with Gasteiger partial charge in [0.05, 0.1) is 22.5 Å². The van der Waals surface area contributed by atoms with E-state index in [0.717, 1.165) is 29.9 Å². The Morgan fingerprint density at radius 2 is 2.00 bits per heavy atom. The number of hydrogen-bond acceptors (Lipinski definition) is 5. The Morgan fingerprint density at radius 3 is 2.79 bits per heavy atom. The third-order valence-corrected chi connectivity index (χ3v) is 5.83. The van der Waals surface area contributed by atoms with Gasteiger partial charge in [-0.25, -0.2) is 4.98 Å². The number of benzene rings is 1. The van der Waals surface area contributed by atoms with E-state index in [9.17, 15) is 9.59 Å². The summed E-state index contributed by atoms with van der Waals surface area (Å²) in [5.41, 5.74) is 1.96. The molecule has 0 saturated carbocycles. The first-order chi connectivity index (χ1) is 13.6. The van der Waals surface area contributed by atoms with Crippen LogP contribution in [-0.4, -0.2) is 71.4 Å². The smallest absolute Gasteiger partial charge is 0.264 e. The number of thiophene rings is 1. The van der Waals surface area contributed by atoms with Gasteiger partial charge < -0.3 is 19.7 Å². The van der Waals surface area contributed by atoms with Crippen molar-refractivity contribution in [3.8, 4) is 0 Å². The Balaban J connectivity index is 1.36. The number of carbonyl (C=O) groups excluding carboxylic acids is 2. The van der Waals surface area contributed by atoms with E-state index in [4.69, 9.17) is 0 Å². The maximum absolute atomic E-state index is 12.7. The van der Waals surface area contributed by atoms with Gasteiger partial charge in [0.15, 0.2) is 0 Å². The van der Waals surface area contributed by atoms with Gasteiger partial charge in [0.25, 0.3) is 5.91 Å². The summed E-state index contributed by atoms with van der Waals surface area (Å²) in [7, 11) is 1.68. The van der Waals surface area contributed by atoms with E-state index in [0.29, 0.717) is 24.5 Å². The number of amides is 2. The van der Waals surface area contributed by atoms with Crippen LogP contribution in [0, 0.1) is 0 Å². The van der Waals surface area contributed by atoms with Crippen molar-refractivity contribution in [1.29, 1.82) is 0 Å². The van der Waals surface area contributed by atoms with Crippen LogP contribution >= 0.6 is 11.3 Å². The standard InChI is InChI=1S/C20H23N5O2S/c1-23(19(27)17-8-4-13-28-17)14-18(26)24-9-5-10-25(12-11-24)20-21-15-6-2-3-7-16(15)22-20/h2-4,6-8,13H,5,9-12,14H2,1H3,(H,21,22). The molecule has 28 heavy (non-hydrogen) atoms. The van der Waals surface area contributed by atoms with Gasteiger partial charge >= 0.3 is 0 Å². The topological polar surface area (TPSA) is 72.5 Å². The van der Waals surface area contributed by atoms with Crippen LogP contribution in [0.4, 0.5) is 5.95 Å². The number of carbonyl (C=O) groups is 2. The van der Waals surface area contributed by atoms with Gasteiger partial charge in [-0.05, 0) is 30.0 Å². The lowest BCUT2D eigenvalue weighted by molar-refractivity contribution is -0.131. The van der Waals surface area contributed by atoms with Crippen molar-refractivity contribution in [3.05, 3.63) is 46.7 Å². The van der Waals surface area contributed by atoms with Crippen LogP contribution in [0.3, 0.4) is 0 Å². The fourth-order valence-electron chi connectivity index (χ4n) is 3.43. The number of anilines is 1. The molecule has 1 saturated heterocycles. The van der Waals surface area contributed by atoms with Gasteiger partial charge in [-0.15, -0.1) is 11.3 Å². The van der Waals surface area contributed by atoms with Gasteiger partial charge in [-0.3, -0.25) is 9.59 Å². The van der Waals surface area contributed by atoms with Gasteiger partial charge in [0, 0.05) is 33.2 Å². The first kappa shape index (κ1) is 18.5. The molecule has 0 aliphatic carbocycles. The van der Waals surface area contributed by atoms with E-state index in [1.54, 1.807) is 13.1 Å². The Bertz CT molecular complexity index is 935. The lowest BCUT2D eigenvalue weighted by Crippen LogP contribution is -2.42. The van der Waals surface area contributed by atoms with Crippen molar-refractivity contribution in [3.63, 3.8) is 0 Å². The zero-order valence-corrected chi connectivity index (χ0v) is 16.6. The van der Waals surface area contributed by atoms with E-state index >= 15 is 0 Å². The van der Waals surface area contributed by atoms with E-state index in [2.05, 4.69) is 14.9 Å². The first-order valence-electron chi connectivity index (χ1n) is 9.38. The van der Waals surface area contributed by atoms with Gasteiger partial charge in [0.2, 0.25) is 11.9 Å². The van der Waals surface area contributed by atoms with Crippen LogP contribution in [0.2, 0.25) is 0 Å². The second-order valence-corrected chi connectivity index (χ2v) is 7.89. The molecular formula is C20H23N5O2S. The molecule has 8 heteroatoms. The summed E-state index contributed by atoms with van der Waals surface area (Å²) in [6.07, 6.45) is 0.866. The molecule has 0 radical (unpaired) electrons. The second kappa shape index (κ2) is 8.02. The number of imidazole rings is 1. The predicted molar refractivity (Wildman–Crippen MR) is 111 cm³/mol. The molecule has 3 heterocycles. The van der Waals surface area contributed by atoms with Crippen LogP contribution < -0.4 is 4.90 Å². The lowest BCUT2D eigenvalue weighted by Gasteiger charge is -2.24. The van der Waals surface area contributed by atoms with E-state index < -0.39 is 0 Å². The summed E-state index contributed by atoms with van der Waals surface area (Å²) in [4.78, 5) is 39.3. The Kier molecular flexibility index (Phi) is 5.29. The second-order valence-electron chi connectivity index (χ2n) is 6.94. The zero-order chi connectivity index (χ0) is 19.5. The minimum Gasteiger partial charge on any atom is -0.341 e. The maximum atomic E-state index is 12.7. The SMILES string of the molecule is CN(CC(=O)N1CCCN(c2nc3ccccc3[nH]2)CC1)C(=O)c1cccs1. The Hall–Kier alpha value is -2.87. The third kappa shape index (κ3) is 3.87. The molecule has 3 aromatic rings. The first-order valence-corrected chi connectivity index (χ1v) is 10.3. The molecule has 0 spiro atoms. The number of H-pyrrole nitrogens is 1. The third-order valence-electron chi connectivity index (χ3n) is 4.98. The number of aromatic nitrogens is 2. The quantitative estimate of drug-likeness (QED) is 0.734. The van der Waals surface area contributed by atoms with Crippen molar-refractivity contribution in [2.45, 2.75) is 6.42 Å². The molecule has 1 aliphatic rings. The molecule has 2 amide bonds. The normalized spacial score (nSPS) is 14.9. The molecule has 146 valence electrons. The van der Waals surface area contributed by atoms with E-state index in [-0.39, 0.29) is 18.4 Å². The van der Waals surface area contributed by atoms with Crippen molar-refractivity contribution >= 4 is 40.1 Å². The van der Waals surface area contributed by atoms with Crippen LogP contribution in [0.1, 0.15) is 16.1 Å². The van der Waals surface area contributed by atoms with Crippen LogP contribution in [0.15, 0.2) is 41.8 Å². The van der Waals surface area contributed by atoms with Gasteiger partial charge in [-0.1, -0.05) is 18.2 Å². The minimum absolute atomic E-state index is 0.0149. The number of hydrogen-bond donors (Lipinski definition) is 1. The number of nitrogens with one attached hydrogen (secondary N) is 1. The number of nitrogens with zero attached hydrogens (tertiary/aromatic N) is 4. The molecular weight excluding hydrogens is 374 g/mol. The number of rotatable bonds is 4. The summed E-state index contributed by atoms with van der Waals surface area (Å²) in [6, 6.07) is 11.6. The highest BCUT2D eigenvalue weighted by atomic mass is 32.1. The number of likely N-dealkylation sites (N-methyl/N-ethyl adjacent to an activating group) is 1. The summed E-state index contributed by atoms with van der Waals surface area (Å²) >= 11 is 1.39. The molecule has 2 aromatic heterocycles. The van der Waals surface area contributed by atoms with Crippen molar-refractivity contribution in [2.75, 3.05) is 44.7 Å². The van der Waals surface area contributed by atoms with Crippen molar-refractivity contribution < 1.29 is 9.59 Å². The number of para-hydroxylation sites is 2. The highest BCUT2D eigenvalue weighted by molar-refractivity contribution is 7.12. The van der Waals surface area contributed by atoms with Gasteiger partial charge in [0.1, 0.15) is 0 Å². The summed E-state index contributed by atoms with van der Waals surface area (Å²) in [5.74, 6) is 0.724. The molecule has 1 aromatic carbocycles. The van der Waals surface area contributed by atoms with Crippen LogP contribution in [0.25, 0.3) is 11.0 Å². The van der Waals surface area contributed by atoms with Crippen molar-refractivity contribution in [2.24, 2.45) is 0 Å². The number of aromatic amines is 1. The monoisotopic (exact) mass is 397 g/mol. The molecule has 0 bridgehead atoms.